The third kappa shape index (κ3) is 4.16. The molecule has 5 nitrogen and oxygen atoms in total. The number of hydrogen-bond donors (Lipinski definition) is 1. The monoisotopic (exact) mass is 435 g/mol. The molecule has 2 aromatic rings. The van der Waals surface area contributed by atoms with Crippen LogP contribution in [0.1, 0.15) is 47.8 Å². The topological polar surface area (TPSA) is 66.6 Å². The molecule has 2 fully saturated rings. The number of hydrogen-bond acceptors (Lipinski definition) is 4. The van der Waals surface area contributed by atoms with Gasteiger partial charge in [0, 0.05) is 36.4 Å². The van der Waals surface area contributed by atoms with Gasteiger partial charge in [-0.2, -0.15) is 0 Å². The summed E-state index contributed by atoms with van der Waals surface area (Å²) in [5.74, 6) is 0.176. The first-order chi connectivity index (χ1) is 13.4. The highest BCUT2D eigenvalue weighted by Crippen LogP contribution is 2.34. The molecule has 0 bridgehead atoms. The number of aryl methyl sites for hydroxylation is 1. The molecule has 7 heteroatoms. The number of fused-ring (bicyclic) bond motifs is 1. The van der Waals surface area contributed by atoms with E-state index >= 15 is 0 Å². The molecule has 158 valence electrons. The Bertz CT molecular complexity index is 903. The predicted octanol–water partition coefficient (Wildman–Crippen LogP) is 3.82. The van der Waals surface area contributed by atoms with E-state index in [1.165, 1.54) is 0 Å². The van der Waals surface area contributed by atoms with Crippen LogP contribution in [-0.4, -0.2) is 53.3 Å². The van der Waals surface area contributed by atoms with Gasteiger partial charge in [0.15, 0.2) is 0 Å². The summed E-state index contributed by atoms with van der Waals surface area (Å²) in [6.07, 6.45) is 3.97. The van der Waals surface area contributed by atoms with Crippen molar-refractivity contribution in [1.29, 1.82) is 0 Å². The average molecular weight is 436 g/mol. The fraction of sp³-hybridized carbons (Fsp3) is 0.545. The van der Waals surface area contributed by atoms with Crippen LogP contribution in [0, 0.1) is 12.8 Å². The molecule has 1 aromatic carbocycles. The van der Waals surface area contributed by atoms with E-state index < -0.39 is 5.54 Å². The van der Waals surface area contributed by atoms with E-state index in [0.717, 1.165) is 46.2 Å². The van der Waals surface area contributed by atoms with Gasteiger partial charge in [-0.05, 0) is 43.7 Å². The van der Waals surface area contributed by atoms with Crippen LogP contribution in [-0.2, 0) is 4.79 Å². The largest absolute Gasteiger partial charge is 0.339 e. The number of thiophene rings is 1. The lowest BCUT2D eigenvalue weighted by atomic mass is 9.74. The van der Waals surface area contributed by atoms with E-state index in [0.29, 0.717) is 26.2 Å². The summed E-state index contributed by atoms with van der Waals surface area (Å²) < 4.78 is 1.15. The SMILES string of the molecule is Cc1c(C(=O)N2CCN(C(=O)C3CCCCC3(C)N)CC2)sc2ccccc12.Cl. The quantitative estimate of drug-likeness (QED) is 0.779. The van der Waals surface area contributed by atoms with Crippen LogP contribution in [0.4, 0.5) is 0 Å². The van der Waals surface area contributed by atoms with Crippen molar-refractivity contribution in [2.75, 3.05) is 26.2 Å². The van der Waals surface area contributed by atoms with Crippen molar-refractivity contribution in [3.05, 3.63) is 34.7 Å². The minimum Gasteiger partial charge on any atom is -0.339 e. The van der Waals surface area contributed by atoms with Crippen molar-refractivity contribution in [3.8, 4) is 0 Å². The molecule has 4 rings (SSSR count). The van der Waals surface area contributed by atoms with Gasteiger partial charge in [-0.3, -0.25) is 9.59 Å². The Morgan fingerprint density at radius 1 is 1.10 bits per heavy atom. The van der Waals surface area contributed by atoms with Crippen molar-refractivity contribution in [3.63, 3.8) is 0 Å². The van der Waals surface area contributed by atoms with Crippen molar-refractivity contribution in [1.82, 2.24) is 9.80 Å². The number of nitrogens with zero attached hydrogens (tertiary/aromatic N) is 2. The van der Waals surface area contributed by atoms with Crippen LogP contribution < -0.4 is 5.73 Å². The first kappa shape index (κ1) is 22.1. The van der Waals surface area contributed by atoms with Crippen LogP contribution in [0.2, 0.25) is 0 Å². The van der Waals surface area contributed by atoms with Crippen LogP contribution in [0.25, 0.3) is 10.1 Å². The summed E-state index contributed by atoms with van der Waals surface area (Å²) in [6, 6.07) is 8.15. The highest BCUT2D eigenvalue weighted by molar-refractivity contribution is 7.21. The van der Waals surface area contributed by atoms with Gasteiger partial charge in [0.1, 0.15) is 0 Å². The smallest absolute Gasteiger partial charge is 0.264 e. The molecule has 0 radical (unpaired) electrons. The maximum Gasteiger partial charge on any atom is 0.264 e. The first-order valence-electron chi connectivity index (χ1n) is 10.2. The molecule has 1 aromatic heterocycles. The third-order valence-corrected chi connectivity index (χ3v) is 7.73. The maximum absolute atomic E-state index is 13.1. The normalized spacial score (nSPS) is 25.0. The molecule has 1 aliphatic carbocycles. The zero-order valence-electron chi connectivity index (χ0n) is 17.1. The summed E-state index contributed by atoms with van der Waals surface area (Å²) >= 11 is 1.57. The van der Waals surface area contributed by atoms with E-state index in [4.69, 9.17) is 5.73 Å². The molecule has 1 saturated carbocycles. The summed E-state index contributed by atoms with van der Waals surface area (Å²) in [4.78, 5) is 30.7. The minimum absolute atomic E-state index is 0. The lowest BCUT2D eigenvalue weighted by Gasteiger charge is -2.42. The third-order valence-electron chi connectivity index (χ3n) is 6.47. The van der Waals surface area contributed by atoms with E-state index in [1.54, 1.807) is 11.3 Å². The number of carbonyl (C=O) groups excluding carboxylic acids is 2. The average Bonchev–Trinajstić information content (AvgIpc) is 3.04. The van der Waals surface area contributed by atoms with E-state index in [1.807, 2.05) is 35.8 Å². The van der Waals surface area contributed by atoms with Crippen molar-refractivity contribution in [2.24, 2.45) is 11.7 Å². The Hall–Kier alpha value is -1.63. The highest BCUT2D eigenvalue weighted by Gasteiger charge is 2.40. The molecule has 2 heterocycles. The van der Waals surface area contributed by atoms with Crippen LogP contribution in [0.15, 0.2) is 24.3 Å². The zero-order valence-corrected chi connectivity index (χ0v) is 18.8. The molecule has 29 heavy (non-hydrogen) atoms. The van der Waals surface area contributed by atoms with Crippen molar-refractivity contribution < 1.29 is 9.59 Å². The predicted molar refractivity (Wildman–Crippen MR) is 121 cm³/mol. The van der Waals surface area contributed by atoms with Crippen molar-refractivity contribution in [2.45, 2.75) is 45.1 Å². The molecule has 2 N–H and O–H groups in total. The fourth-order valence-electron chi connectivity index (χ4n) is 4.64. The van der Waals surface area contributed by atoms with Crippen molar-refractivity contribution >= 4 is 45.6 Å². The summed E-state index contributed by atoms with van der Waals surface area (Å²) in [5.41, 5.74) is 7.08. The summed E-state index contributed by atoms with van der Waals surface area (Å²) in [6.45, 7) is 6.41. The lowest BCUT2D eigenvalue weighted by Crippen LogP contribution is -2.57. The second-order valence-electron chi connectivity index (χ2n) is 8.47. The Morgan fingerprint density at radius 2 is 1.76 bits per heavy atom. The van der Waals surface area contributed by atoms with Gasteiger partial charge < -0.3 is 15.5 Å². The molecule has 1 aliphatic heterocycles. The highest BCUT2D eigenvalue weighted by atomic mass is 35.5. The number of carbonyl (C=O) groups is 2. The number of nitrogens with two attached hydrogens (primary N) is 1. The Labute approximate surface area is 182 Å². The second kappa shape index (κ2) is 8.62. The number of benzene rings is 1. The fourth-order valence-corrected chi connectivity index (χ4v) is 5.81. The molecular weight excluding hydrogens is 406 g/mol. The molecule has 2 aliphatic rings. The van der Waals surface area contributed by atoms with Gasteiger partial charge in [0.25, 0.3) is 5.91 Å². The van der Waals surface area contributed by atoms with Gasteiger partial charge in [0.05, 0.1) is 10.8 Å². The number of rotatable bonds is 2. The zero-order chi connectivity index (χ0) is 19.9. The Morgan fingerprint density at radius 3 is 2.41 bits per heavy atom. The number of halogens is 1. The molecule has 0 spiro atoms. The van der Waals surface area contributed by atoms with Gasteiger partial charge in [-0.15, -0.1) is 23.7 Å². The van der Waals surface area contributed by atoms with E-state index in [-0.39, 0.29) is 30.1 Å². The number of piperazine rings is 1. The van der Waals surface area contributed by atoms with Crippen LogP contribution in [0.3, 0.4) is 0 Å². The van der Waals surface area contributed by atoms with Gasteiger partial charge in [-0.1, -0.05) is 31.0 Å². The van der Waals surface area contributed by atoms with Crippen LogP contribution in [0.5, 0.6) is 0 Å². The molecule has 2 amide bonds. The summed E-state index contributed by atoms with van der Waals surface area (Å²) in [7, 11) is 0. The van der Waals surface area contributed by atoms with Gasteiger partial charge >= 0.3 is 0 Å². The van der Waals surface area contributed by atoms with E-state index in [2.05, 4.69) is 12.1 Å². The lowest BCUT2D eigenvalue weighted by molar-refractivity contribution is -0.140. The Balaban J connectivity index is 0.00000240. The maximum atomic E-state index is 13.1. The molecule has 2 atom stereocenters. The minimum atomic E-state index is -0.406. The first-order valence-corrected chi connectivity index (χ1v) is 11.1. The molecular formula is C22H30ClN3O2S. The molecule has 2 unspecified atom stereocenters. The number of amides is 2. The standard InChI is InChI=1S/C22H29N3O2S.ClH/c1-15-16-7-3-4-9-18(16)28-19(15)21(27)25-13-11-24(12-14-25)20(26)17-8-5-6-10-22(17,2)23;/h3-4,7,9,17H,5-6,8,10-14,23H2,1-2H3;1H. The van der Waals surface area contributed by atoms with Gasteiger partial charge in [0.2, 0.25) is 5.91 Å². The van der Waals surface area contributed by atoms with Gasteiger partial charge in [-0.25, -0.2) is 0 Å². The van der Waals surface area contributed by atoms with E-state index in [9.17, 15) is 9.59 Å². The second-order valence-corrected chi connectivity index (χ2v) is 9.53. The van der Waals surface area contributed by atoms with Crippen LogP contribution >= 0.6 is 23.7 Å². The summed E-state index contributed by atoms with van der Waals surface area (Å²) in [5, 5.41) is 1.16. The Kier molecular flexibility index (Phi) is 6.56. The molecule has 1 saturated heterocycles.